The Morgan fingerprint density at radius 3 is 2.54 bits per heavy atom. The first-order valence-corrected chi connectivity index (χ1v) is 13.1. The molecule has 2 saturated carbocycles. The molecular formula is C30H39FO4. The highest BCUT2D eigenvalue weighted by atomic mass is 19.1. The molecule has 4 atom stereocenters. The van der Waals surface area contributed by atoms with E-state index in [1.165, 1.54) is 6.07 Å². The number of hydrogen-bond acceptors (Lipinski definition) is 3. The molecule has 0 saturated heterocycles. The van der Waals surface area contributed by atoms with E-state index >= 15 is 0 Å². The van der Waals surface area contributed by atoms with E-state index in [-0.39, 0.29) is 24.1 Å². The van der Waals surface area contributed by atoms with E-state index in [9.17, 15) is 14.3 Å². The fourth-order valence-electron chi connectivity index (χ4n) is 5.97. The molecule has 0 amide bonds. The third kappa shape index (κ3) is 6.77. The number of aliphatic carboxylic acids is 1. The fraction of sp³-hybridized carbons (Fsp3) is 0.567. The van der Waals surface area contributed by atoms with Crippen LogP contribution in [-0.2, 0) is 4.79 Å². The average Bonchev–Trinajstić information content (AvgIpc) is 3.67. The average molecular weight is 483 g/mol. The number of carboxylic acids is 1. The van der Waals surface area contributed by atoms with E-state index in [1.807, 2.05) is 30.3 Å². The minimum absolute atomic E-state index is 0.0675. The largest absolute Gasteiger partial charge is 0.497 e. The smallest absolute Gasteiger partial charge is 0.303 e. The quantitative estimate of drug-likeness (QED) is 0.362. The van der Waals surface area contributed by atoms with Gasteiger partial charge >= 0.3 is 5.97 Å². The van der Waals surface area contributed by atoms with Crippen molar-refractivity contribution in [2.75, 3.05) is 13.7 Å². The van der Waals surface area contributed by atoms with Gasteiger partial charge in [0.05, 0.1) is 20.1 Å². The van der Waals surface area contributed by atoms with Gasteiger partial charge in [0.1, 0.15) is 17.3 Å². The topological polar surface area (TPSA) is 55.8 Å². The summed E-state index contributed by atoms with van der Waals surface area (Å²) in [5.74, 6) is 2.84. The lowest BCUT2D eigenvalue weighted by Gasteiger charge is -2.37. The molecule has 2 fully saturated rings. The SMILES string of the molecule is COc1ccc(F)c(C2CCC(COc3cccc([C@@H](CC(=O)O)C4CC4)c3)C(CC(C)C)C2)c1. The number of hydrogen-bond donors (Lipinski definition) is 1. The summed E-state index contributed by atoms with van der Waals surface area (Å²) in [7, 11) is 1.62. The molecule has 1 N–H and O–H groups in total. The van der Waals surface area contributed by atoms with E-state index in [1.54, 1.807) is 13.2 Å². The molecule has 5 heteroatoms. The van der Waals surface area contributed by atoms with Crippen LogP contribution in [0.3, 0.4) is 0 Å². The lowest BCUT2D eigenvalue weighted by Crippen LogP contribution is -2.30. The van der Waals surface area contributed by atoms with E-state index in [4.69, 9.17) is 9.47 Å². The van der Waals surface area contributed by atoms with E-state index in [0.717, 1.165) is 55.4 Å². The minimum Gasteiger partial charge on any atom is -0.497 e. The molecule has 0 heterocycles. The number of carboxylic acid groups (broad SMARTS) is 1. The van der Waals surface area contributed by atoms with Crippen LogP contribution in [0.2, 0.25) is 0 Å². The molecule has 35 heavy (non-hydrogen) atoms. The Balaban J connectivity index is 1.43. The van der Waals surface area contributed by atoms with Crippen LogP contribution in [0, 0.1) is 29.5 Å². The third-order valence-electron chi connectivity index (χ3n) is 7.89. The number of benzene rings is 2. The van der Waals surface area contributed by atoms with Crippen LogP contribution in [0.1, 0.15) is 81.8 Å². The lowest BCUT2D eigenvalue weighted by molar-refractivity contribution is -0.137. The second-order valence-electron chi connectivity index (χ2n) is 11.0. The first-order valence-electron chi connectivity index (χ1n) is 13.1. The summed E-state index contributed by atoms with van der Waals surface area (Å²) in [6.07, 6.45) is 6.39. The Bertz CT molecular complexity index is 1000. The van der Waals surface area contributed by atoms with E-state index in [0.29, 0.717) is 36.0 Å². The predicted octanol–water partition coefficient (Wildman–Crippen LogP) is 7.43. The van der Waals surface area contributed by atoms with Crippen LogP contribution in [-0.4, -0.2) is 24.8 Å². The molecule has 2 aliphatic rings. The van der Waals surface area contributed by atoms with Crippen molar-refractivity contribution in [2.24, 2.45) is 23.7 Å². The summed E-state index contributed by atoms with van der Waals surface area (Å²) < 4.78 is 26.3. The molecule has 0 aromatic heterocycles. The fourth-order valence-corrected chi connectivity index (χ4v) is 5.97. The maximum atomic E-state index is 14.7. The Hall–Kier alpha value is -2.56. The number of rotatable bonds is 11. The summed E-state index contributed by atoms with van der Waals surface area (Å²) in [6, 6.07) is 13.1. The van der Waals surface area contributed by atoms with Crippen LogP contribution >= 0.6 is 0 Å². The molecule has 2 aromatic carbocycles. The molecular weight excluding hydrogens is 443 g/mol. The van der Waals surface area contributed by atoms with Crippen molar-refractivity contribution in [3.8, 4) is 11.5 Å². The second-order valence-corrected chi connectivity index (χ2v) is 11.0. The van der Waals surface area contributed by atoms with Crippen molar-refractivity contribution in [1.29, 1.82) is 0 Å². The van der Waals surface area contributed by atoms with Gasteiger partial charge in [0.25, 0.3) is 0 Å². The van der Waals surface area contributed by atoms with Crippen molar-refractivity contribution in [3.63, 3.8) is 0 Å². The molecule has 4 nitrogen and oxygen atoms in total. The molecule has 0 aliphatic heterocycles. The Morgan fingerprint density at radius 1 is 1.06 bits per heavy atom. The van der Waals surface area contributed by atoms with Gasteiger partial charge in [-0.15, -0.1) is 0 Å². The molecule has 2 aromatic rings. The van der Waals surface area contributed by atoms with E-state index < -0.39 is 5.97 Å². The lowest BCUT2D eigenvalue weighted by atomic mass is 9.69. The third-order valence-corrected chi connectivity index (χ3v) is 7.89. The van der Waals surface area contributed by atoms with Gasteiger partial charge in [-0.05, 0) is 115 Å². The zero-order valence-corrected chi connectivity index (χ0v) is 21.2. The normalized spacial score (nSPS) is 23.2. The van der Waals surface area contributed by atoms with Crippen LogP contribution in [0.4, 0.5) is 4.39 Å². The second kappa shape index (κ2) is 11.5. The van der Waals surface area contributed by atoms with Crippen molar-refractivity contribution in [1.82, 2.24) is 0 Å². The highest BCUT2D eigenvalue weighted by Crippen LogP contribution is 2.46. The maximum Gasteiger partial charge on any atom is 0.303 e. The first-order chi connectivity index (χ1) is 16.8. The van der Waals surface area contributed by atoms with Gasteiger partial charge in [0, 0.05) is 0 Å². The molecule has 0 radical (unpaired) electrons. The maximum absolute atomic E-state index is 14.7. The van der Waals surface area contributed by atoms with Crippen molar-refractivity contribution in [3.05, 3.63) is 59.4 Å². The van der Waals surface area contributed by atoms with Crippen molar-refractivity contribution in [2.45, 2.75) is 70.6 Å². The van der Waals surface area contributed by atoms with Crippen LogP contribution in [0.25, 0.3) is 0 Å². The summed E-state index contributed by atoms with van der Waals surface area (Å²) in [4.78, 5) is 11.4. The van der Waals surface area contributed by atoms with Gasteiger partial charge in [-0.1, -0.05) is 26.0 Å². The number of methoxy groups -OCH3 is 1. The molecule has 4 rings (SSSR count). The highest BCUT2D eigenvalue weighted by molar-refractivity contribution is 5.68. The van der Waals surface area contributed by atoms with Crippen LogP contribution < -0.4 is 9.47 Å². The number of ether oxygens (including phenoxy) is 2. The summed E-state index contributed by atoms with van der Waals surface area (Å²) in [6.45, 7) is 5.14. The van der Waals surface area contributed by atoms with Crippen molar-refractivity contribution >= 4 is 5.97 Å². The van der Waals surface area contributed by atoms with Gasteiger partial charge in [-0.2, -0.15) is 0 Å². The van der Waals surface area contributed by atoms with Gasteiger partial charge in [0.15, 0.2) is 0 Å². The van der Waals surface area contributed by atoms with Crippen LogP contribution in [0.15, 0.2) is 42.5 Å². The number of carbonyl (C=O) groups is 1. The summed E-state index contributed by atoms with van der Waals surface area (Å²) >= 11 is 0. The molecule has 3 unspecified atom stereocenters. The predicted molar refractivity (Wildman–Crippen MR) is 136 cm³/mol. The summed E-state index contributed by atoms with van der Waals surface area (Å²) in [5.41, 5.74) is 1.85. The first kappa shape index (κ1) is 25.5. The van der Waals surface area contributed by atoms with Gasteiger partial charge < -0.3 is 14.6 Å². The number of halogens is 1. The monoisotopic (exact) mass is 482 g/mol. The highest BCUT2D eigenvalue weighted by Gasteiger charge is 2.35. The van der Waals surface area contributed by atoms with E-state index in [2.05, 4.69) is 13.8 Å². The Labute approximate surface area is 208 Å². The van der Waals surface area contributed by atoms with Gasteiger partial charge in [-0.3, -0.25) is 4.79 Å². The molecule has 2 aliphatic carbocycles. The van der Waals surface area contributed by atoms with Gasteiger partial charge in [-0.25, -0.2) is 4.39 Å². The van der Waals surface area contributed by atoms with Crippen molar-refractivity contribution < 1.29 is 23.8 Å². The Morgan fingerprint density at radius 2 is 1.86 bits per heavy atom. The Kier molecular flexibility index (Phi) is 8.35. The molecule has 0 spiro atoms. The standard InChI is InChI=1S/C30H39FO4/c1-19(2)13-24-14-22(28-16-25(34-3)11-12-29(28)31)9-10-23(24)18-35-26-6-4-5-21(15-26)27(17-30(32)33)20-7-8-20/h4-6,11-12,15-16,19-20,22-24,27H,7-10,13-14,17-18H2,1-3H3,(H,32,33)/t22?,23?,24?,27-/m0/s1. The summed E-state index contributed by atoms with van der Waals surface area (Å²) in [5, 5.41) is 9.35. The van der Waals surface area contributed by atoms with Crippen LogP contribution in [0.5, 0.6) is 11.5 Å². The zero-order chi connectivity index (χ0) is 24.9. The molecule has 190 valence electrons. The molecule has 0 bridgehead atoms. The minimum atomic E-state index is -0.742. The zero-order valence-electron chi connectivity index (χ0n) is 21.2. The van der Waals surface area contributed by atoms with Gasteiger partial charge in [0.2, 0.25) is 0 Å².